The second-order valence-electron chi connectivity index (χ2n) is 15.2. The van der Waals surface area contributed by atoms with Crippen LogP contribution in [0.4, 0.5) is 0 Å². The van der Waals surface area contributed by atoms with Crippen molar-refractivity contribution in [1.29, 1.82) is 5.26 Å². The van der Waals surface area contributed by atoms with Gasteiger partial charge in [0.2, 0.25) is 0 Å². The smallest absolute Gasteiger partial charge is 0.164 e. The van der Waals surface area contributed by atoms with Crippen LogP contribution < -0.4 is 0 Å². The molecule has 2 unspecified atom stereocenters. The second-order valence-corrected chi connectivity index (χ2v) is 15.2. The van der Waals surface area contributed by atoms with Crippen molar-refractivity contribution in [1.82, 2.24) is 15.0 Å². The van der Waals surface area contributed by atoms with E-state index in [2.05, 4.69) is 80.6 Å². The number of hydrogen-bond acceptors (Lipinski definition) is 4. The maximum atomic E-state index is 9.80. The molecule has 0 radical (unpaired) electrons. The van der Waals surface area contributed by atoms with Gasteiger partial charge in [-0.3, -0.25) is 0 Å². The molecule has 0 saturated heterocycles. The number of nitrogens with zero attached hydrogens (tertiary/aromatic N) is 4. The van der Waals surface area contributed by atoms with Gasteiger partial charge in [-0.25, -0.2) is 15.0 Å². The number of hydrogen-bond donors (Lipinski definition) is 0. The SMILES string of the molecule is C[C@@H]1CC2C[C@H](C)CC(c3ccc(-c4ccc5c(-c6nc(-c7ccccc7)nc(-c7cccc8c(C#N)cccc78)n6)cccc5c4)cc3)(C2)C1. The molecule has 1 aromatic heterocycles. The van der Waals surface area contributed by atoms with E-state index in [9.17, 15) is 5.26 Å². The van der Waals surface area contributed by atoms with E-state index in [1.807, 2.05) is 66.7 Å². The molecule has 0 N–H and O–H groups in total. The fourth-order valence-corrected chi connectivity index (χ4v) is 9.67. The Bertz CT molecular complexity index is 2440. The van der Waals surface area contributed by atoms with E-state index in [1.165, 1.54) is 48.8 Å². The Morgan fingerprint density at radius 3 is 1.90 bits per heavy atom. The Kier molecular flexibility index (Phi) is 7.73. The quantitative estimate of drug-likeness (QED) is 0.184. The topological polar surface area (TPSA) is 62.5 Å². The minimum Gasteiger partial charge on any atom is -0.208 e. The van der Waals surface area contributed by atoms with E-state index in [0.717, 1.165) is 56.0 Å². The molecule has 51 heavy (non-hydrogen) atoms. The Hall–Kier alpha value is -5.66. The molecule has 2 fully saturated rings. The molecule has 4 nitrogen and oxygen atoms in total. The van der Waals surface area contributed by atoms with Gasteiger partial charge in [-0.15, -0.1) is 0 Å². The lowest BCUT2D eigenvalue weighted by molar-refractivity contribution is 0.0780. The summed E-state index contributed by atoms with van der Waals surface area (Å²) in [6.45, 7) is 4.92. The molecule has 9 rings (SSSR count). The third-order valence-electron chi connectivity index (χ3n) is 11.5. The van der Waals surface area contributed by atoms with Crippen molar-refractivity contribution in [3.63, 3.8) is 0 Å². The first-order chi connectivity index (χ1) is 25.0. The summed E-state index contributed by atoms with van der Waals surface area (Å²) in [5, 5.41) is 13.9. The minimum atomic E-state index is 0.336. The van der Waals surface area contributed by atoms with Crippen molar-refractivity contribution in [3.05, 3.63) is 139 Å². The standard InChI is InChI=1S/C47H40N4/c1-30-23-32-24-31(2)27-47(26-30,28-32)38-20-17-33(18-21-38)35-19-22-40-36(25-35)11-6-15-42(40)45-49-44(34-9-4-3-5-10-34)50-46(51-45)43-16-8-13-39-37(29-48)12-7-14-41(39)43/h3-22,25,30-32H,23-24,26-28H2,1-2H3/t30-,31+,32?,47?. The summed E-state index contributed by atoms with van der Waals surface area (Å²) in [7, 11) is 0. The number of aromatic nitrogens is 3. The highest BCUT2D eigenvalue weighted by Crippen LogP contribution is 2.54. The lowest BCUT2D eigenvalue weighted by atomic mass is 9.54. The van der Waals surface area contributed by atoms with Crippen molar-refractivity contribution < 1.29 is 0 Å². The van der Waals surface area contributed by atoms with Gasteiger partial charge in [0.1, 0.15) is 0 Å². The molecule has 0 spiro atoms. The van der Waals surface area contributed by atoms with Crippen LogP contribution in [0.25, 0.3) is 66.8 Å². The van der Waals surface area contributed by atoms with Gasteiger partial charge in [-0.05, 0) is 100 Å². The Labute approximate surface area is 299 Å². The molecule has 4 atom stereocenters. The normalized spacial score (nSPS) is 21.4. The molecule has 2 aliphatic rings. The van der Waals surface area contributed by atoms with Crippen LogP contribution in [-0.4, -0.2) is 15.0 Å². The summed E-state index contributed by atoms with van der Waals surface area (Å²) < 4.78 is 0. The fraction of sp³-hybridized carbons (Fsp3) is 0.234. The third-order valence-corrected chi connectivity index (χ3v) is 11.5. The molecule has 248 valence electrons. The maximum absolute atomic E-state index is 9.80. The zero-order valence-corrected chi connectivity index (χ0v) is 29.2. The molecule has 7 aromatic rings. The minimum absolute atomic E-state index is 0.336. The van der Waals surface area contributed by atoms with Gasteiger partial charge in [0.05, 0.1) is 11.6 Å². The molecule has 2 aliphatic carbocycles. The number of nitriles is 1. The molecule has 2 saturated carbocycles. The highest BCUT2D eigenvalue weighted by Gasteiger charge is 2.45. The molecule has 1 heterocycles. The molecule has 6 aromatic carbocycles. The molecule has 4 heteroatoms. The molecule has 2 bridgehead atoms. The summed E-state index contributed by atoms with van der Waals surface area (Å²) in [6.07, 6.45) is 6.78. The van der Waals surface area contributed by atoms with E-state index >= 15 is 0 Å². The van der Waals surface area contributed by atoms with Gasteiger partial charge in [0.15, 0.2) is 17.5 Å². The van der Waals surface area contributed by atoms with Crippen molar-refractivity contribution in [3.8, 4) is 51.4 Å². The Morgan fingerprint density at radius 1 is 0.549 bits per heavy atom. The van der Waals surface area contributed by atoms with Crippen LogP contribution in [0.3, 0.4) is 0 Å². The van der Waals surface area contributed by atoms with Gasteiger partial charge in [-0.1, -0.05) is 129 Å². The molecule has 0 amide bonds. The Balaban J connectivity index is 1.12. The van der Waals surface area contributed by atoms with Crippen molar-refractivity contribution in [2.45, 2.75) is 51.4 Å². The van der Waals surface area contributed by atoms with Crippen molar-refractivity contribution in [2.24, 2.45) is 17.8 Å². The zero-order chi connectivity index (χ0) is 34.5. The largest absolute Gasteiger partial charge is 0.208 e. The predicted octanol–water partition coefficient (Wildman–Crippen LogP) is 11.8. The van der Waals surface area contributed by atoms with Gasteiger partial charge >= 0.3 is 0 Å². The third kappa shape index (κ3) is 5.68. The van der Waals surface area contributed by atoms with Crippen molar-refractivity contribution >= 4 is 21.5 Å². The highest BCUT2D eigenvalue weighted by molar-refractivity contribution is 6.00. The highest BCUT2D eigenvalue weighted by atomic mass is 15.0. The summed E-state index contributed by atoms with van der Waals surface area (Å²) in [4.78, 5) is 15.2. The summed E-state index contributed by atoms with van der Waals surface area (Å²) >= 11 is 0. The summed E-state index contributed by atoms with van der Waals surface area (Å²) in [5.41, 5.74) is 7.71. The summed E-state index contributed by atoms with van der Waals surface area (Å²) in [6, 6.07) is 46.8. The number of benzene rings is 6. The molecular weight excluding hydrogens is 621 g/mol. The molecule has 0 aliphatic heterocycles. The number of fused-ring (bicyclic) bond motifs is 4. The number of rotatable bonds is 5. The lowest BCUT2D eigenvalue weighted by Gasteiger charge is -2.50. The van der Waals surface area contributed by atoms with Crippen LogP contribution >= 0.6 is 0 Å². The first-order valence-electron chi connectivity index (χ1n) is 18.3. The fourth-order valence-electron chi connectivity index (χ4n) is 9.67. The van der Waals surface area contributed by atoms with Crippen LogP contribution in [0.5, 0.6) is 0 Å². The predicted molar refractivity (Wildman–Crippen MR) is 208 cm³/mol. The van der Waals surface area contributed by atoms with Gasteiger partial charge < -0.3 is 0 Å². The van der Waals surface area contributed by atoms with Crippen LogP contribution in [0.1, 0.15) is 57.1 Å². The molecular formula is C47H40N4. The first-order valence-corrected chi connectivity index (χ1v) is 18.3. The first kappa shape index (κ1) is 31.3. The summed E-state index contributed by atoms with van der Waals surface area (Å²) in [5.74, 6) is 4.30. The van der Waals surface area contributed by atoms with Gasteiger partial charge in [-0.2, -0.15) is 5.26 Å². The van der Waals surface area contributed by atoms with Gasteiger partial charge in [0.25, 0.3) is 0 Å². The van der Waals surface area contributed by atoms with E-state index < -0.39 is 0 Å². The van der Waals surface area contributed by atoms with Crippen LogP contribution in [0, 0.1) is 29.1 Å². The van der Waals surface area contributed by atoms with E-state index in [-0.39, 0.29) is 0 Å². The second kappa shape index (κ2) is 12.6. The average molecular weight is 661 g/mol. The van der Waals surface area contributed by atoms with E-state index in [0.29, 0.717) is 28.5 Å². The maximum Gasteiger partial charge on any atom is 0.164 e. The van der Waals surface area contributed by atoms with E-state index in [1.54, 1.807) is 0 Å². The average Bonchev–Trinajstić information content (AvgIpc) is 3.16. The Morgan fingerprint density at radius 2 is 1.18 bits per heavy atom. The van der Waals surface area contributed by atoms with Crippen LogP contribution in [0.15, 0.2) is 127 Å². The van der Waals surface area contributed by atoms with Crippen LogP contribution in [-0.2, 0) is 5.41 Å². The van der Waals surface area contributed by atoms with E-state index in [4.69, 9.17) is 15.0 Å². The zero-order valence-electron chi connectivity index (χ0n) is 29.2. The monoisotopic (exact) mass is 660 g/mol. The van der Waals surface area contributed by atoms with Crippen molar-refractivity contribution in [2.75, 3.05) is 0 Å². The van der Waals surface area contributed by atoms with Gasteiger partial charge in [0, 0.05) is 22.1 Å². The lowest BCUT2D eigenvalue weighted by Crippen LogP contribution is -2.42. The van der Waals surface area contributed by atoms with Crippen LogP contribution in [0.2, 0.25) is 0 Å².